The summed E-state index contributed by atoms with van der Waals surface area (Å²) in [5.74, 6) is 2.36. The average Bonchev–Trinajstić information content (AvgIpc) is 3.22. The summed E-state index contributed by atoms with van der Waals surface area (Å²) in [6.07, 6.45) is 4.71. The van der Waals surface area contributed by atoms with Gasteiger partial charge in [-0.2, -0.15) is 4.98 Å². The van der Waals surface area contributed by atoms with Gasteiger partial charge in [-0.1, -0.05) is 36.4 Å². The highest BCUT2D eigenvalue weighted by molar-refractivity contribution is 6.06. The number of hydrogen-bond acceptors (Lipinski definition) is 6. The van der Waals surface area contributed by atoms with Gasteiger partial charge in [-0.15, -0.1) is 0 Å². The zero-order valence-corrected chi connectivity index (χ0v) is 20.5. The van der Waals surface area contributed by atoms with Gasteiger partial charge >= 0.3 is 0 Å². The van der Waals surface area contributed by atoms with Gasteiger partial charge in [0.2, 0.25) is 11.9 Å². The number of carbonyl (C=O) groups is 2. The molecule has 3 aromatic rings. The number of aromatic nitrogens is 2. The zero-order valence-electron chi connectivity index (χ0n) is 20.5. The van der Waals surface area contributed by atoms with Crippen molar-refractivity contribution in [3.8, 4) is 0 Å². The molecule has 2 N–H and O–H groups in total. The van der Waals surface area contributed by atoms with E-state index < -0.39 is 0 Å². The van der Waals surface area contributed by atoms with Crippen LogP contribution in [0.5, 0.6) is 0 Å². The van der Waals surface area contributed by atoms with Crippen LogP contribution in [0.2, 0.25) is 0 Å². The Kier molecular flexibility index (Phi) is 6.66. The molecule has 7 heteroatoms. The topological polar surface area (TPSA) is 87.2 Å². The lowest BCUT2D eigenvalue weighted by Gasteiger charge is -2.29. The SMILES string of the molecule is CN(C)c1nc(NCC2CCC(CNC(=O)C3CC(=O)c4ccccc43)CC2)nc2ccccc12. The van der Waals surface area contributed by atoms with Crippen molar-refractivity contribution in [2.75, 3.05) is 37.4 Å². The smallest absolute Gasteiger partial charge is 0.228 e. The molecule has 7 nitrogen and oxygen atoms in total. The number of nitrogens with zero attached hydrogens (tertiary/aromatic N) is 3. The standard InChI is InChI=1S/C28H33N5O2/c1-33(2)26-22-9-5-6-10-24(22)31-28(32-26)30-17-19-13-11-18(12-14-19)16-29-27(35)23-15-25(34)21-8-4-3-7-20(21)23/h3-10,18-19,23H,11-17H2,1-2H3,(H,29,35)(H,30,31,32). The molecule has 1 atom stereocenters. The molecule has 0 aliphatic heterocycles. The molecule has 0 radical (unpaired) electrons. The molecule has 2 aromatic carbocycles. The van der Waals surface area contributed by atoms with Gasteiger partial charge in [0.25, 0.3) is 0 Å². The highest BCUT2D eigenvalue weighted by Gasteiger charge is 2.34. The molecular formula is C28H33N5O2. The quantitative estimate of drug-likeness (QED) is 0.531. The third kappa shape index (κ3) is 4.99. The molecule has 1 aromatic heterocycles. The molecule has 35 heavy (non-hydrogen) atoms. The minimum atomic E-state index is -0.340. The van der Waals surface area contributed by atoms with E-state index in [4.69, 9.17) is 9.97 Å². The fraction of sp³-hybridized carbons (Fsp3) is 0.429. The highest BCUT2D eigenvalue weighted by Crippen LogP contribution is 2.34. The molecule has 0 spiro atoms. The number of ketones is 1. The summed E-state index contributed by atoms with van der Waals surface area (Å²) in [5.41, 5.74) is 2.52. The van der Waals surface area contributed by atoms with Gasteiger partial charge in [-0.3, -0.25) is 9.59 Å². The van der Waals surface area contributed by atoms with Gasteiger partial charge in [-0.25, -0.2) is 4.98 Å². The third-order valence-corrected chi connectivity index (χ3v) is 7.43. The van der Waals surface area contributed by atoms with E-state index in [1.54, 1.807) is 0 Å². The van der Waals surface area contributed by atoms with E-state index in [2.05, 4.69) is 16.7 Å². The fourth-order valence-corrected chi connectivity index (χ4v) is 5.42. The summed E-state index contributed by atoms with van der Waals surface area (Å²) in [7, 11) is 4.00. The van der Waals surface area contributed by atoms with Gasteiger partial charge in [0.15, 0.2) is 5.78 Å². The number of amides is 1. The number of benzene rings is 2. The first kappa shape index (κ1) is 23.3. The van der Waals surface area contributed by atoms with Gasteiger partial charge in [0.05, 0.1) is 11.4 Å². The first-order valence-electron chi connectivity index (χ1n) is 12.6. The number of hydrogen-bond donors (Lipinski definition) is 2. The van der Waals surface area contributed by atoms with Gasteiger partial charge in [-0.05, 0) is 55.2 Å². The minimum Gasteiger partial charge on any atom is -0.362 e. The van der Waals surface area contributed by atoms with Crippen LogP contribution in [0.1, 0.15) is 53.9 Å². The summed E-state index contributed by atoms with van der Waals surface area (Å²) in [5, 5.41) is 7.65. The van der Waals surface area contributed by atoms with Crippen LogP contribution in [0.15, 0.2) is 48.5 Å². The Balaban J connectivity index is 1.10. The normalized spacial score (nSPS) is 21.5. The van der Waals surface area contributed by atoms with Crippen molar-refractivity contribution < 1.29 is 9.59 Å². The number of rotatable bonds is 7. The third-order valence-electron chi connectivity index (χ3n) is 7.43. The number of nitrogens with one attached hydrogen (secondary N) is 2. The fourth-order valence-electron chi connectivity index (χ4n) is 5.42. The van der Waals surface area contributed by atoms with Crippen LogP contribution in [0.25, 0.3) is 10.9 Å². The van der Waals surface area contributed by atoms with Crippen LogP contribution in [-0.4, -0.2) is 48.8 Å². The molecule has 5 rings (SSSR count). The number of para-hydroxylation sites is 1. The van der Waals surface area contributed by atoms with Crippen molar-refractivity contribution in [2.24, 2.45) is 11.8 Å². The first-order chi connectivity index (χ1) is 17.0. The monoisotopic (exact) mass is 471 g/mol. The van der Waals surface area contributed by atoms with Crippen LogP contribution in [-0.2, 0) is 4.79 Å². The summed E-state index contributed by atoms with van der Waals surface area (Å²) >= 11 is 0. The van der Waals surface area contributed by atoms with Crippen molar-refractivity contribution in [3.05, 3.63) is 59.7 Å². The van der Waals surface area contributed by atoms with Crippen molar-refractivity contribution in [2.45, 2.75) is 38.0 Å². The van der Waals surface area contributed by atoms with Gasteiger partial charge in [0.1, 0.15) is 5.82 Å². The molecule has 1 amide bonds. The summed E-state index contributed by atoms with van der Waals surface area (Å²) in [6, 6.07) is 15.6. The Hall–Kier alpha value is -3.48. The lowest BCUT2D eigenvalue weighted by atomic mass is 9.82. The lowest BCUT2D eigenvalue weighted by Crippen LogP contribution is -2.34. The molecule has 1 unspecified atom stereocenters. The van der Waals surface area contributed by atoms with E-state index in [9.17, 15) is 9.59 Å². The first-order valence-corrected chi connectivity index (χ1v) is 12.6. The predicted octanol–water partition coefficient (Wildman–Crippen LogP) is 4.40. The molecule has 0 bridgehead atoms. The van der Waals surface area contributed by atoms with Crippen molar-refractivity contribution >= 4 is 34.4 Å². The average molecular weight is 472 g/mol. The maximum atomic E-state index is 12.8. The van der Waals surface area contributed by atoms with E-state index in [0.29, 0.717) is 29.9 Å². The number of Topliss-reactive ketones (excluding diaryl/α,β-unsaturated/α-hetero) is 1. The largest absolute Gasteiger partial charge is 0.362 e. The van der Waals surface area contributed by atoms with Crippen molar-refractivity contribution in [3.63, 3.8) is 0 Å². The Morgan fingerprint density at radius 2 is 1.63 bits per heavy atom. The Morgan fingerprint density at radius 3 is 2.40 bits per heavy atom. The predicted molar refractivity (Wildman–Crippen MR) is 139 cm³/mol. The highest BCUT2D eigenvalue weighted by atomic mass is 16.2. The van der Waals surface area contributed by atoms with Gasteiger partial charge in [0, 0.05) is 44.6 Å². The van der Waals surface area contributed by atoms with Crippen LogP contribution in [0.3, 0.4) is 0 Å². The van der Waals surface area contributed by atoms with Crippen LogP contribution in [0.4, 0.5) is 11.8 Å². The molecule has 0 saturated heterocycles. The summed E-state index contributed by atoms with van der Waals surface area (Å²) in [4.78, 5) is 36.5. The van der Waals surface area contributed by atoms with E-state index >= 15 is 0 Å². The second-order valence-electron chi connectivity index (χ2n) is 10.1. The molecule has 1 fully saturated rings. The number of carbonyl (C=O) groups excluding carboxylic acids is 2. The summed E-state index contributed by atoms with van der Waals surface area (Å²) < 4.78 is 0. The molecule has 182 valence electrons. The lowest BCUT2D eigenvalue weighted by molar-refractivity contribution is -0.122. The molecule has 1 heterocycles. The maximum Gasteiger partial charge on any atom is 0.228 e. The molecule has 1 saturated carbocycles. The Labute approximate surface area is 206 Å². The minimum absolute atomic E-state index is 0.0164. The van der Waals surface area contributed by atoms with E-state index in [-0.39, 0.29) is 24.0 Å². The van der Waals surface area contributed by atoms with Crippen molar-refractivity contribution in [1.82, 2.24) is 15.3 Å². The van der Waals surface area contributed by atoms with E-state index in [1.165, 1.54) is 0 Å². The zero-order chi connectivity index (χ0) is 24.4. The summed E-state index contributed by atoms with van der Waals surface area (Å²) in [6.45, 7) is 1.54. The molecule has 2 aliphatic carbocycles. The van der Waals surface area contributed by atoms with E-state index in [1.807, 2.05) is 61.5 Å². The second-order valence-corrected chi connectivity index (χ2v) is 10.1. The van der Waals surface area contributed by atoms with E-state index in [0.717, 1.165) is 54.5 Å². The maximum absolute atomic E-state index is 12.8. The van der Waals surface area contributed by atoms with Crippen molar-refractivity contribution in [1.29, 1.82) is 0 Å². The Bertz CT molecular complexity index is 1230. The van der Waals surface area contributed by atoms with Crippen LogP contribution < -0.4 is 15.5 Å². The number of fused-ring (bicyclic) bond motifs is 2. The Morgan fingerprint density at radius 1 is 0.943 bits per heavy atom. The second kappa shape index (κ2) is 10.0. The molecule has 2 aliphatic rings. The van der Waals surface area contributed by atoms with Crippen LogP contribution >= 0.6 is 0 Å². The molecular weight excluding hydrogens is 438 g/mol. The van der Waals surface area contributed by atoms with Crippen LogP contribution in [0, 0.1) is 11.8 Å². The number of anilines is 2. The van der Waals surface area contributed by atoms with Gasteiger partial charge < -0.3 is 15.5 Å².